The fourth-order valence-corrected chi connectivity index (χ4v) is 4.13. The van der Waals surface area contributed by atoms with E-state index in [1.807, 2.05) is 0 Å². The number of nitrogens with zero attached hydrogens (tertiary/aromatic N) is 1. The van der Waals surface area contributed by atoms with Gasteiger partial charge in [-0.1, -0.05) is 0 Å². The molecule has 0 fully saturated rings. The Kier molecular flexibility index (Phi) is 5.99. The van der Waals surface area contributed by atoms with Gasteiger partial charge in [0.25, 0.3) is 5.91 Å². The van der Waals surface area contributed by atoms with Crippen molar-refractivity contribution in [2.45, 2.75) is 13.0 Å². The van der Waals surface area contributed by atoms with Crippen LogP contribution in [0.1, 0.15) is 18.5 Å². The van der Waals surface area contributed by atoms with Gasteiger partial charge in [0.1, 0.15) is 23.3 Å². The number of fused-ring (bicyclic) bond motifs is 1. The highest BCUT2D eigenvalue weighted by Gasteiger charge is 2.32. The molecule has 37 heavy (non-hydrogen) atoms. The van der Waals surface area contributed by atoms with Crippen LogP contribution in [-0.2, 0) is 4.79 Å². The number of hydrogen-bond acceptors (Lipinski definition) is 4. The predicted octanol–water partition coefficient (Wildman–Crippen LogP) is 5.13. The smallest absolute Gasteiger partial charge is 0.319 e. The third-order valence-electron chi connectivity index (χ3n) is 5.68. The molecule has 5 N–H and O–H groups in total. The highest BCUT2D eigenvalue weighted by atomic mass is 19.1. The van der Waals surface area contributed by atoms with E-state index >= 15 is 0 Å². The predicted molar refractivity (Wildman–Crippen MR) is 128 cm³/mol. The lowest BCUT2D eigenvalue weighted by Crippen LogP contribution is -2.46. The van der Waals surface area contributed by atoms with Crippen molar-refractivity contribution in [3.63, 3.8) is 0 Å². The zero-order valence-electron chi connectivity index (χ0n) is 19.0. The van der Waals surface area contributed by atoms with Crippen LogP contribution in [0.15, 0.2) is 65.9 Å². The van der Waals surface area contributed by atoms with E-state index in [2.05, 4.69) is 31.5 Å². The Morgan fingerprint density at radius 1 is 0.892 bits per heavy atom. The monoisotopic (exact) mass is 510 g/mol. The van der Waals surface area contributed by atoms with E-state index in [9.17, 15) is 27.2 Å². The van der Waals surface area contributed by atoms with Crippen LogP contribution < -0.4 is 21.3 Å². The van der Waals surface area contributed by atoms with Gasteiger partial charge in [0.15, 0.2) is 5.82 Å². The molecule has 3 amide bonds. The van der Waals surface area contributed by atoms with Crippen molar-refractivity contribution in [2.24, 2.45) is 0 Å². The molecule has 1 aliphatic rings. The van der Waals surface area contributed by atoms with Gasteiger partial charge in [-0.15, -0.1) is 0 Å². The average Bonchev–Trinajstić information content (AvgIpc) is 3.19. The number of halogens is 4. The van der Waals surface area contributed by atoms with Crippen molar-refractivity contribution in [2.75, 3.05) is 10.6 Å². The summed E-state index contributed by atoms with van der Waals surface area (Å²) in [7, 11) is 0. The van der Waals surface area contributed by atoms with Gasteiger partial charge < -0.3 is 21.3 Å². The van der Waals surface area contributed by atoms with E-state index in [0.717, 1.165) is 30.3 Å². The molecule has 8 nitrogen and oxygen atoms in total. The summed E-state index contributed by atoms with van der Waals surface area (Å²) in [5, 5.41) is 18.0. The first-order valence-electron chi connectivity index (χ1n) is 10.9. The molecule has 0 radical (unpaired) electrons. The Hall–Kier alpha value is -4.87. The first-order chi connectivity index (χ1) is 17.7. The SMILES string of the molecule is CC1=C(C(=O)Nc2ccc3[nH]nc(Nc4cc(F)cc(F)c4)c3c2)C(c2cc(F)cc(F)c2)NC(=O)N1. The molecule has 0 bridgehead atoms. The summed E-state index contributed by atoms with van der Waals surface area (Å²) in [6.07, 6.45) is 0. The number of benzene rings is 3. The van der Waals surface area contributed by atoms with E-state index < -0.39 is 41.2 Å². The van der Waals surface area contributed by atoms with Gasteiger partial charge in [0.2, 0.25) is 0 Å². The molecule has 1 aliphatic heterocycles. The number of urea groups is 1. The van der Waals surface area contributed by atoms with Crippen LogP contribution in [0.3, 0.4) is 0 Å². The molecule has 3 aromatic carbocycles. The van der Waals surface area contributed by atoms with Gasteiger partial charge >= 0.3 is 6.03 Å². The van der Waals surface area contributed by atoms with Crippen molar-refractivity contribution in [1.82, 2.24) is 20.8 Å². The molecular formula is C25H18F4N6O2. The molecule has 0 saturated carbocycles. The number of hydrogen-bond donors (Lipinski definition) is 5. The van der Waals surface area contributed by atoms with E-state index in [-0.39, 0.29) is 28.3 Å². The maximum atomic E-state index is 13.9. The number of aromatic amines is 1. The van der Waals surface area contributed by atoms with Gasteiger partial charge in [-0.05, 0) is 55.0 Å². The lowest BCUT2D eigenvalue weighted by molar-refractivity contribution is -0.113. The summed E-state index contributed by atoms with van der Waals surface area (Å²) < 4.78 is 54.9. The average molecular weight is 510 g/mol. The first kappa shape index (κ1) is 23.9. The topological polar surface area (TPSA) is 111 Å². The fraction of sp³-hybridized carbons (Fsp3) is 0.0800. The first-order valence-corrected chi connectivity index (χ1v) is 10.9. The lowest BCUT2D eigenvalue weighted by Gasteiger charge is -2.28. The Morgan fingerprint density at radius 2 is 1.54 bits per heavy atom. The van der Waals surface area contributed by atoms with Crippen LogP contribution in [0.5, 0.6) is 0 Å². The number of nitrogens with one attached hydrogen (secondary N) is 5. The maximum Gasteiger partial charge on any atom is 0.319 e. The zero-order valence-corrected chi connectivity index (χ0v) is 19.0. The molecule has 0 spiro atoms. The molecule has 188 valence electrons. The number of rotatable bonds is 5. The second-order valence-electron chi connectivity index (χ2n) is 8.34. The number of anilines is 3. The lowest BCUT2D eigenvalue weighted by atomic mass is 9.94. The number of amides is 3. The van der Waals surface area contributed by atoms with Crippen molar-refractivity contribution >= 4 is 40.0 Å². The second-order valence-corrected chi connectivity index (χ2v) is 8.34. The summed E-state index contributed by atoms with van der Waals surface area (Å²) in [6, 6.07) is 8.76. The second kappa shape index (κ2) is 9.30. The highest BCUT2D eigenvalue weighted by Crippen LogP contribution is 2.31. The summed E-state index contributed by atoms with van der Waals surface area (Å²) >= 11 is 0. The zero-order chi connectivity index (χ0) is 26.3. The third-order valence-corrected chi connectivity index (χ3v) is 5.68. The molecule has 4 aromatic rings. The van der Waals surface area contributed by atoms with E-state index in [1.165, 1.54) is 6.92 Å². The van der Waals surface area contributed by atoms with Crippen LogP contribution >= 0.6 is 0 Å². The summed E-state index contributed by atoms with van der Waals surface area (Å²) in [5.41, 5.74) is 1.34. The molecule has 0 aliphatic carbocycles. The minimum absolute atomic E-state index is 0.0467. The Labute approximate surface area is 206 Å². The summed E-state index contributed by atoms with van der Waals surface area (Å²) in [6.45, 7) is 1.50. The number of H-pyrrole nitrogens is 1. The third kappa shape index (κ3) is 4.94. The number of carbonyl (C=O) groups excluding carboxylic acids is 2. The standard InChI is InChI=1S/C25H18F4N6O2/c1-11-21(22(33-25(37)30-11)12-4-13(26)6-14(27)5-12)24(36)32-17-2-3-20-19(10-17)23(35-34-20)31-18-8-15(28)7-16(29)9-18/h2-10,22H,1H3,(H,32,36)(H2,30,33,37)(H2,31,34,35). The number of allylic oxidation sites excluding steroid dienone is 1. The van der Waals surface area contributed by atoms with E-state index in [0.29, 0.717) is 22.7 Å². The maximum absolute atomic E-state index is 13.9. The van der Waals surface area contributed by atoms with Crippen molar-refractivity contribution in [3.8, 4) is 0 Å². The fourth-order valence-electron chi connectivity index (χ4n) is 4.13. The van der Waals surface area contributed by atoms with Crippen LogP contribution in [0.25, 0.3) is 10.9 Å². The number of carbonyl (C=O) groups is 2. The minimum atomic E-state index is -1.11. The van der Waals surface area contributed by atoms with Crippen molar-refractivity contribution < 1.29 is 27.2 Å². The molecule has 0 saturated heterocycles. The van der Waals surface area contributed by atoms with Crippen molar-refractivity contribution in [3.05, 3.63) is 94.7 Å². The van der Waals surface area contributed by atoms with Gasteiger partial charge in [-0.25, -0.2) is 22.4 Å². The Bertz CT molecular complexity index is 1560. The van der Waals surface area contributed by atoms with Crippen LogP contribution in [0.4, 0.5) is 39.5 Å². The molecule has 1 atom stereocenters. The van der Waals surface area contributed by atoms with Crippen LogP contribution in [0.2, 0.25) is 0 Å². The van der Waals surface area contributed by atoms with E-state index in [1.54, 1.807) is 18.2 Å². The summed E-state index contributed by atoms with van der Waals surface area (Å²) in [5.74, 6) is -3.62. The van der Waals surface area contributed by atoms with Gasteiger partial charge in [0, 0.05) is 34.6 Å². The highest BCUT2D eigenvalue weighted by molar-refractivity contribution is 6.08. The molecular weight excluding hydrogens is 492 g/mol. The van der Waals surface area contributed by atoms with Gasteiger partial charge in [-0.3, -0.25) is 9.89 Å². The van der Waals surface area contributed by atoms with Crippen molar-refractivity contribution in [1.29, 1.82) is 0 Å². The minimum Gasteiger partial charge on any atom is -0.338 e. The quantitative estimate of drug-likeness (QED) is 0.240. The molecule has 5 rings (SSSR count). The largest absolute Gasteiger partial charge is 0.338 e. The van der Waals surface area contributed by atoms with Gasteiger partial charge in [-0.2, -0.15) is 5.10 Å². The molecule has 12 heteroatoms. The normalized spacial score (nSPS) is 15.4. The van der Waals surface area contributed by atoms with E-state index in [4.69, 9.17) is 0 Å². The van der Waals surface area contributed by atoms with Crippen LogP contribution in [0, 0.1) is 23.3 Å². The molecule has 1 aromatic heterocycles. The van der Waals surface area contributed by atoms with Gasteiger partial charge in [0.05, 0.1) is 17.1 Å². The Balaban J connectivity index is 1.45. The molecule has 1 unspecified atom stereocenters. The van der Waals surface area contributed by atoms with Crippen LogP contribution in [-0.4, -0.2) is 22.1 Å². The molecule has 2 heterocycles. The Morgan fingerprint density at radius 3 is 2.22 bits per heavy atom. The number of aromatic nitrogens is 2. The summed E-state index contributed by atoms with van der Waals surface area (Å²) in [4.78, 5) is 25.4.